The van der Waals surface area contributed by atoms with Crippen molar-refractivity contribution in [2.45, 2.75) is 53.4 Å². The van der Waals surface area contributed by atoms with Crippen molar-refractivity contribution in [3.05, 3.63) is 0 Å². The molecule has 0 heterocycles. The Bertz CT molecular complexity index is 264. The third-order valence-electron chi connectivity index (χ3n) is 4.74. The van der Waals surface area contributed by atoms with Crippen LogP contribution < -0.4 is 5.32 Å². The summed E-state index contributed by atoms with van der Waals surface area (Å²) in [6.07, 6.45) is 5.68. The summed E-state index contributed by atoms with van der Waals surface area (Å²) in [5.41, 5.74) is 0.555. The molecule has 112 valence electrons. The minimum Gasteiger partial charge on any atom is -0.381 e. The monoisotopic (exact) mass is 267 g/mol. The molecule has 2 aliphatic carbocycles. The summed E-state index contributed by atoms with van der Waals surface area (Å²) in [5.74, 6) is 3.54. The fourth-order valence-electron chi connectivity index (χ4n) is 3.68. The van der Waals surface area contributed by atoms with Gasteiger partial charge in [0.25, 0.3) is 0 Å². The van der Waals surface area contributed by atoms with E-state index in [0.29, 0.717) is 11.3 Å². The van der Waals surface area contributed by atoms with Crippen LogP contribution >= 0.6 is 0 Å². The van der Waals surface area contributed by atoms with Crippen LogP contribution in [0.4, 0.5) is 0 Å². The lowest BCUT2D eigenvalue weighted by Crippen LogP contribution is -2.36. The molecule has 2 heteroatoms. The van der Waals surface area contributed by atoms with Gasteiger partial charge in [-0.1, -0.05) is 27.7 Å². The topological polar surface area (TPSA) is 21.3 Å². The number of hydrogen-bond donors (Lipinski definition) is 1. The second-order valence-electron chi connectivity index (χ2n) is 7.91. The van der Waals surface area contributed by atoms with E-state index in [-0.39, 0.29) is 0 Å². The van der Waals surface area contributed by atoms with E-state index in [0.717, 1.165) is 37.5 Å². The Morgan fingerprint density at radius 2 is 1.79 bits per heavy atom. The Balaban J connectivity index is 1.72. The summed E-state index contributed by atoms with van der Waals surface area (Å²) >= 11 is 0. The zero-order chi connectivity index (χ0) is 13.9. The van der Waals surface area contributed by atoms with Crippen LogP contribution in [-0.2, 0) is 4.74 Å². The van der Waals surface area contributed by atoms with Crippen LogP contribution in [0.3, 0.4) is 0 Å². The normalized spacial score (nSPS) is 33.2. The molecule has 0 aliphatic heterocycles. The van der Waals surface area contributed by atoms with Gasteiger partial charge in [-0.15, -0.1) is 0 Å². The molecule has 0 saturated heterocycles. The molecule has 0 aromatic rings. The fourth-order valence-corrected chi connectivity index (χ4v) is 3.68. The average Bonchev–Trinajstić information content (AvgIpc) is 2.93. The molecule has 2 atom stereocenters. The van der Waals surface area contributed by atoms with Crippen LogP contribution in [-0.4, -0.2) is 26.3 Å². The predicted molar refractivity (Wildman–Crippen MR) is 81.2 cm³/mol. The number of nitrogens with one attached hydrogen (secondary N) is 1. The van der Waals surface area contributed by atoms with Crippen molar-refractivity contribution >= 4 is 0 Å². The smallest absolute Gasteiger partial charge is 0.0488 e. The van der Waals surface area contributed by atoms with E-state index >= 15 is 0 Å². The molecule has 2 nitrogen and oxygen atoms in total. The van der Waals surface area contributed by atoms with Crippen LogP contribution in [0.1, 0.15) is 53.4 Å². The van der Waals surface area contributed by atoms with Crippen molar-refractivity contribution in [2.75, 3.05) is 26.3 Å². The molecule has 2 rings (SSSR count). The number of hydrogen-bond acceptors (Lipinski definition) is 2. The molecule has 2 aliphatic rings. The second-order valence-corrected chi connectivity index (χ2v) is 7.91. The second kappa shape index (κ2) is 6.58. The molecule has 0 spiro atoms. The summed E-state index contributed by atoms with van der Waals surface area (Å²) in [7, 11) is 0. The van der Waals surface area contributed by atoms with Gasteiger partial charge in [-0.2, -0.15) is 0 Å². The van der Waals surface area contributed by atoms with Crippen LogP contribution in [0.25, 0.3) is 0 Å². The minimum atomic E-state index is 0.555. The molecular formula is C17H33NO. The molecule has 0 aromatic heterocycles. The SMILES string of the molecule is CC(C)CNCC1(CCOCC(C)C)CC2CC2C1. The first-order chi connectivity index (χ1) is 9.01. The van der Waals surface area contributed by atoms with E-state index in [9.17, 15) is 0 Å². The van der Waals surface area contributed by atoms with E-state index in [1.165, 1.54) is 32.2 Å². The summed E-state index contributed by atoms with van der Waals surface area (Å²) in [5, 5.41) is 3.70. The first kappa shape index (κ1) is 15.3. The van der Waals surface area contributed by atoms with E-state index in [1.54, 1.807) is 0 Å². The van der Waals surface area contributed by atoms with Gasteiger partial charge in [-0.3, -0.25) is 0 Å². The van der Waals surface area contributed by atoms with E-state index in [2.05, 4.69) is 33.0 Å². The third-order valence-corrected chi connectivity index (χ3v) is 4.74. The van der Waals surface area contributed by atoms with Gasteiger partial charge < -0.3 is 10.1 Å². The third kappa shape index (κ3) is 4.75. The zero-order valence-electron chi connectivity index (χ0n) is 13.4. The van der Waals surface area contributed by atoms with Crippen molar-refractivity contribution < 1.29 is 4.74 Å². The highest BCUT2D eigenvalue weighted by atomic mass is 16.5. The maximum atomic E-state index is 5.83. The lowest BCUT2D eigenvalue weighted by atomic mass is 9.80. The minimum absolute atomic E-state index is 0.555. The number of ether oxygens (including phenoxy) is 1. The number of rotatable bonds is 9. The summed E-state index contributed by atoms with van der Waals surface area (Å²) in [6, 6.07) is 0. The van der Waals surface area contributed by atoms with Gasteiger partial charge in [0.1, 0.15) is 0 Å². The Hall–Kier alpha value is -0.0800. The maximum Gasteiger partial charge on any atom is 0.0488 e. The predicted octanol–water partition coefficient (Wildman–Crippen LogP) is 3.71. The molecule has 19 heavy (non-hydrogen) atoms. The molecule has 0 aromatic carbocycles. The molecule has 2 unspecified atom stereocenters. The molecular weight excluding hydrogens is 234 g/mol. The van der Waals surface area contributed by atoms with E-state index in [1.807, 2.05) is 0 Å². The first-order valence-electron chi connectivity index (χ1n) is 8.29. The fraction of sp³-hybridized carbons (Fsp3) is 1.00. The largest absolute Gasteiger partial charge is 0.381 e. The highest BCUT2D eigenvalue weighted by Gasteiger charge is 2.53. The van der Waals surface area contributed by atoms with Gasteiger partial charge in [0.2, 0.25) is 0 Å². The summed E-state index contributed by atoms with van der Waals surface area (Å²) in [4.78, 5) is 0. The number of fused-ring (bicyclic) bond motifs is 1. The maximum absolute atomic E-state index is 5.83. The van der Waals surface area contributed by atoms with Crippen LogP contribution in [0.5, 0.6) is 0 Å². The van der Waals surface area contributed by atoms with Gasteiger partial charge in [0.05, 0.1) is 0 Å². The van der Waals surface area contributed by atoms with Crippen molar-refractivity contribution in [2.24, 2.45) is 29.1 Å². The highest BCUT2D eigenvalue weighted by molar-refractivity contribution is 5.04. The van der Waals surface area contributed by atoms with Crippen molar-refractivity contribution in [1.29, 1.82) is 0 Å². The van der Waals surface area contributed by atoms with Crippen molar-refractivity contribution in [1.82, 2.24) is 5.32 Å². The standard InChI is InChI=1S/C17H33NO/c1-13(2)10-18-12-17(5-6-19-11-14(3)4)8-15-7-16(15)9-17/h13-16,18H,5-12H2,1-4H3. The molecule has 0 bridgehead atoms. The Morgan fingerprint density at radius 3 is 2.37 bits per heavy atom. The molecule has 2 fully saturated rings. The summed E-state index contributed by atoms with van der Waals surface area (Å²) < 4.78 is 5.83. The van der Waals surface area contributed by atoms with Crippen LogP contribution in [0.15, 0.2) is 0 Å². The van der Waals surface area contributed by atoms with Crippen LogP contribution in [0.2, 0.25) is 0 Å². The van der Waals surface area contributed by atoms with Gasteiger partial charge in [-0.05, 0) is 61.3 Å². The van der Waals surface area contributed by atoms with Gasteiger partial charge in [0, 0.05) is 19.8 Å². The van der Waals surface area contributed by atoms with Gasteiger partial charge in [0.15, 0.2) is 0 Å². The lowest BCUT2D eigenvalue weighted by Gasteiger charge is -2.32. The molecule has 1 N–H and O–H groups in total. The molecule has 0 radical (unpaired) electrons. The van der Waals surface area contributed by atoms with Crippen molar-refractivity contribution in [3.63, 3.8) is 0 Å². The zero-order valence-corrected chi connectivity index (χ0v) is 13.4. The van der Waals surface area contributed by atoms with Gasteiger partial charge >= 0.3 is 0 Å². The Kier molecular flexibility index (Phi) is 5.30. The molecule has 2 saturated carbocycles. The van der Waals surface area contributed by atoms with Gasteiger partial charge in [-0.25, -0.2) is 0 Å². The van der Waals surface area contributed by atoms with Crippen molar-refractivity contribution in [3.8, 4) is 0 Å². The Morgan fingerprint density at radius 1 is 1.11 bits per heavy atom. The van der Waals surface area contributed by atoms with E-state index in [4.69, 9.17) is 4.74 Å². The first-order valence-corrected chi connectivity index (χ1v) is 8.29. The van der Waals surface area contributed by atoms with E-state index < -0.39 is 0 Å². The Labute approximate surface area is 119 Å². The molecule has 0 amide bonds. The van der Waals surface area contributed by atoms with Crippen LogP contribution in [0, 0.1) is 29.1 Å². The summed E-state index contributed by atoms with van der Waals surface area (Å²) in [6.45, 7) is 13.3. The lowest BCUT2D eigenvalue weighted by molar-refractivity contribution is 0.0727. The average molecular weight is 267 g/mol. The highest BCUT2D eigenvalue weighted by Crippen LogP contribution is 2.60. The quantitative estimate of drug-likeness (QED) is 0.643.